The van der Waals surface area contributed by atoms with E-state index in [-0.39, 0.29) is 0 Å². The lowest BCUT2D eigenvalue weighted by Crippen LogP contribution is -2.53. The number of methoxy groups -OCH3 is 1. The first kappa shape index (κ1) is 18.6. The fraction of sp³-hybridized carbons (Fsp3) is 0.222. The van der Waals surface area contributed by atoms with Crippen molar-refractivity contribution < 1.29 is 19.1 Å². The molecule has 0 unspecified atom stereocenters. The Morgan fingerprint density at radius 1 is 0.920 bits per heavy atom. The van der Waals surface area contributed by atoms with Gasteiger partial charge in [0, 0.05) is 10.6 Å². The lowest BCUT2D eigenvalue weighted by molar-refractivity contribution is -0.135. The summed E-state index contributed by atoms with van der Waals surface area (Å²) in [5, 5.41) is 0.571. The minimum Gasteiger partial charge on any atom is -0.497 e. The van der Waals surface area contributed by atoms with Crippen molar-refractivity contribution in [3.63, 3.8) is 0 Å². The van der Waals surface area contributed by atoms with E-state index in [0.29, 0.717) is 22.1 Å². The number of hydrogen-bond donors (Lipinski definition) is 2. The Morgan fingerprint density at radius 3 is 2.04 bits per heavy atom. The van der Waals surface area contributed by atoms with Gasteiger partial charge in [-0.2, -0.15) is 0 Å². The molecular weight excluding hydrogens is 344 g/mol. The molecule has 0 atom stereocenters. The average molecular weight is 363 g/mol. The summed E-state index contributed by atoms with van der Waals surface area (Å²) >= 11 is 5.82. The zero-order valence-electron chi connectivity index (χ0n) is 14.1. The van der Waals surface area contributed by atoms with Crippen LogP contribution in [0, 0.1) is 0 Å². The number of amides is 2. The number of nitrogens with one attached hydrogen (secondary N) is 2. The van der Waals surface area contributed by atoms with Gasteiger partial charge in [-0.15, -0.1) is 0 Å². The normalized spacial score (nSPS) is 10.7. The second-order valence-electron chi connectivity index (χ2n) is 5.70. The average Bonchev–Trinajstić information content (AvgIpc) is 2.61. The van der Waals surface area contributed by atoms with Gasteiger partial charge in [0.05, 0.1) is 7.11 Å². The quantitative estimate of drug-likeness (QED) is 0.802. The molecule has 2 rings (SSSR count). The molecule has 0 spiro atoms. The van der Waals surface area contributed by atoms with Crippen LogP contribution in [0.15, 0.2) is 48.5 Å². The van der Waals surface area contributed by atoms with Crippen LogP contribution in [0.3, 0.4) is 0 Å². The lowest BCUT2D eigenvalue weighted by Gasteiger charge is -2.25. The second-order valence-corrected chi connectivity index (χ2v) is 6.14. The summed E-state index contributed by atoms with van der Waals surface area (Å²) in [6.45, 7) is 3.19. The Labute approximate surface area is 151 Å². The zero-order valence-corrected chi connectivity index (χ0v) is 14.9. The summed E-state index contributed by atoms with van der Waals surface area (Å²) in [6.07, 6.45) is 0. The molecule has 0 heterocycles. The zero-order chi connectivity index (χ0) is 18.4. The number of benzene rings is 2. The van der Waals surface area contributed by atoms with Crippen molar-refractivity contribution in [3.05, 3.63) is 59.1 Å². The fourth-order valence-electron chi connectivity index (χ4n) is 1.92. The summed E-state index contributed by atoms with van der Waals surface area (Å²) in [5.74, 6) is 0.187. The van der Waals surface area contributed by atoms with Crippen molar-refractivity contribution in [3.8, 4) is 11.5 Å². The van der Waals surface area contributed by atoms with Crippen molar-refractivity contribution in [2.45, 2.75) is 19.4 Å². The molecule has 6 nitrogen and oxygen atoms in total. The van der Waals surface area contributed by atoms with Crippen molar-refractivity contribution in [2.75, 3.05) is 7.11 Å². The van der Waals surface area contributed by atoms with E-state index < -0.39 is 17.4 Å². The number of ether oxygens (including phenoxy) is 2. The third kappa shape index (κ3) is 5.12. The first-order valence-corrected chi connectivity index (χ1v) is 7.89. The summed E-state index contributed by atoms with van der Waals surface area (Å²) in [5.41, 5.74) is 3.91. The highest BCUT2D eigenvalue weighted by Gasteiger charge is 2.30. The minimum atomic E-state index is -1.19. The molecule has 2 aromatic rings. The maximum atomic E-state index is 12.3. The SMILES string of the molecule is COc1ccc(C(=O)NNC(=O)C(C)(C)Oc2ccc(Cl)cc2)cc1. The Morgan fingerprint density at radius 2 is 1.48 bits per heavy atom. The first-order valence-electron chi connectivity index (χ1n) is 7.51. The van der Waals surface area contributed by atoms with Crippen molar-refractivity contribution in [2.24, 2.45) is 0 Å². The van der Waals surface area contributed by atoms with Crippen LogP contribution in [0.2, 0.25) is 5.02 Å². The fourth-order valence-corrected chi connectivity index (χ4v) is 2.05. The number of hydrazine groups is 1. The molecular formula is C18H19ClN2O4. The van der Waals surface area contributed by atoms with Crippen molar-refractivity contribution >= 4 is 23.4 Å². The number of hydrogen-bond acceptors (Lipinski definition) is 4. The molecule has 2 N–H and O–H groups in total. The van der Waals surface area contributed by atoms with Gasteiger partial charge in [-0.1, -0.05) is 11.6 Å². The molecule has 0 radical (unpaired) electrons. The first-order chi connectivity index (χ1) is 11.8. The molecule has 7 heteroatoms. The van der Waals surface area contributed by atoms with Gasteiger partial charge in [0.15, 0.2) is 5.60 Å². The summed E-state index contributed by atoms with van der Waals surface area (Å²) in [6, 6.07) is 13.1. The summed E-state index contributed by atoms with van der Waals surface area (Å²) in [4.78, 5) is 24.3. The third-order valence-corrected chi connectivity index (χ3v) is 3.63. The van der Waals surface area contributed by atoms with Crippen LogP contribution in [0.4, 0.5) is 0 Å². The predicted molar refractivity (Wildman–Crippen MR) is 94.8 cm³/mol. The highest BCUT2D eigenvalue weighted by atomic mass is 35.5. The van der Waals surface area contributed by atoms with Crippen LogP contribution in [-0.2, 0) is 4.79 Å². The van der Waals surface area contributed by atoms with E-state index in [9.17, 15) is 9.59 Å². The van der Waals surface area contributed by atoms with Gasteiger partial charge in [0.1, 0.15) is 11.5 Å². The molecule has 0 aromatic heterocycles. The maximum Gasteiger partial charge on any atom is 0.281 e. The third-order valence-electron chi connectivity index (χ3n) is 3.38. The minimum absolute atomic E-state index is 0.387. The van der Waals surface area contributed by atoms with E-state index in [2.05, 4.69) is 10.9 Å². The topological polar surface area (TPSA) is 76.7 Å². The van der Waals surface area contributed by atoms with Crippen LogP contribution in [0.25, 0.3) is 0 Å². The van der Waals surface area contributed by atoms with E-state index in [0.717, 1.165) is 0 Å². The molecule has 2 aromatic carbocycles. The van der Waals surface area contributed by atoms with E-state index in [4.69, 9.17) is 21.1 Å². The molecule has 0 bridgehead atoms. The molecule has 0 saturated carbocycles. The number of rotatable bonds is 5. The molecule has 0 fully saturated rings. The van der Waals surface area contributed by atoms with Gasteiger partial charge >= 0.3 is 0 Å². The van der Waals surface area contributed by atoms with Crippen LogP contribution >= 0.6 is 11.6 Å². The molecule has 132 valence electrons. The van der Waals surface area contributed by atoms with E-state index in [1.165, 1.54) is 7.11 Å². The molecule has 0 aliphatic rings. The van der Waals surface area contributed by atoms with Crippen molar-refractivity contribution in [1.82, 2.24) is 10.9 Å². The maximum absolute atomic E-state index is 12.3. The van der Waals surface area contributed by atoms with Gasteiger partial charge < -0.3 is 9.47 Å². The highest BCUT2D eigenvalue weighted by Crippen LogP contribution is 2.21. The van der Waals surface area contributed by atoms with Gasteiger partial charge in [-0.25, -0.2) is 0 Å². The Hall–Kier alpha value is -2.73. The number of carbonyl (C=O) groups excluding carboxylic acids is 2. The van der Waals surface area contributed by atoms with Crippen LogP contribution < -0.4 is 20.3 Å². The highest BCUT2D eigenvalue weighted by molar-refractivity contribution is 6.30. The molecule has 0 aliphatic carbocycles. The van der Waals surface area contributed by atoms with E-state index >= 15 is 0 Å². The van der Waals surface area contributed by atoms with Crippen LogP contribution in [0.5, 0.6) is 11.5 Å². The van der Waals surface area contributed by atoms with Crippen molar-refractivity contribution in [1.29, 1.82) is 0 Å². The molecule has 25 heavy (non-hydrogen) atoms. The monoisotopic (exact) mass is 362 g/mol. The van der Waals surface area contributed by atoms with Gasteiger partial charge in [0.2, 0.25) is 0 Å². The second kappa shape index (κ2) is 7.90. The predicted octanol–water partition coefficient (Wildman–Crippen LogP) is 2.97. The van der Waals surface area contributed by atoms with Crippen LogP contribution in [-0.4, -0.2) is 24.5 Å². The van der Waals surface area contributed by atoms with E-state index in [1.54, 1.807) is 62.4 Å². The number of carbonyl (C=O) groups is 2. The lowest BCUT2D eigenvalue weighted by atomic mass is 10.1. The molecule has 0 saturated heterocycles. The standard InChI is InChI=1S/C18H19ClN2O4/c1-18(2,25-15-10-6-13(19)7-11-15)17(23)21-20-16(22)12-4-8-14(24-3)9-5-12/h4-11H,1-3H3,(H,20,22)(H,21,23). The Kier molecular flexibility index (Phi) is 5.88. The number of halogens is 1. The van der Waals surface area contributed by atoms with Crippen LogP contribution in [0.1, 0.15) is 24.2 Å². The Bertz CT molecular complexity index is 743. The molecule has 0 aliphatic heterocycles. The van der Waals surface area contributed by atoms with Gasteiger partial charge in [-0.3, -0.25) is 20.4 Å². The van der Waals surface area contributed by atoms with Gasteiger partial charge in [-0.05, 0) is 62.4 Å². The molecule has 2 amide bonds. The van der Waals surface area contributed by atoms with E-state index in [1.807, 2.05) is 0 Å². The Balaban J connectivity index is 1.93. The summed E-state index contributed by atoms with van der Waals surface area (Å²) < 4.78 is 10.7. The summed E-state index contributed by atoms with van der Waals surface area (Å²) in [7, 11) is 1.54. The van der Waals surface area contributed by atoms with Gasteiger partial charge in [0.25, 0.3) is 11.8 Å². The smallest absolute Gasteiger partial charge is 0.281 e. The largest absolute Gasteiger partial charge is 0.497 e.